The second-order valence-corrected chi connectivity index (χ2v) is 10.5. The van der Waals surface area contributed by atoms with E-state index in [-0.39, 0.29) is 12.6 Å². The lowest BCUT2D eigenvalue weighted by Crippen LogP contribution is -2.52. The van der Waals surface area contributed by atoms with Gasteiger partial charge in [0.25, 0.3) is 6.47 Å². The van der Waals surface area contributed by atoms with Gasteiger partial charge in [-0.1, -0.05) is 60.3 Å². The number of fused-ring (bicyclic) bond motifs is 5. The Labute approximate surface area is 181 Å². The van der Waals surface area contributed by atoms with Gasteiger partial charge in [0.1, 0.15) is 0 Å². The summed E-state index contributed by atoms with van der Waals surface area (Å²) in [5, 5.41) is 6.89. The molecule has 7 atom stereocenters. The zero-order chi connectivity index (χ0) is 20.8. The van der Waals surface area contributed by atoms with Crippen molar-refractivity contribution >= 4 is 6.47 Å². The normalized spacial score (nSPS) is 42.3. The van der Waals surface area contributed by atoms with Crippen LogP contribution >= 0.6 is 0 Å². The van der Waals surface area contributed by atoms with Crippen LogP contribution in [0.2, 0.25) is 0 Å². The third kappa shape index (κ3) is 5.02. The monoisotopic (exact) mass is 409 g/mol. The summed E-state index contributed by atoms with van der Waals surface area (Å²) in [6.07, 6.45) is 20.0. The quantitative estimate of drug-likeness (QED) is 0.462. The van der Waals surface area contributed by atoms with Gasteiger partial charge in [0.05, 0.1) is 0 Å². The second kappa shape index (κ2) is 11.7. The standard InChI is InChI=1S/C23H40.C2H6.CH2O2.H3N/c1-4-5-8-17-11-13-20-19-12-10-18-9-6-7-15-22(18,2)21(19)14-16-23(17,20)3;1-2;2-1-3;/h17-21H,4-16H2,1-3H3;1-2H3;1H,(H,2,3);1H3. The van der Waals surface area contributed by atoms with Crippen molar-refractivity contribution < 1.29 is 9.90 Å². The fraction of sp³-hybridized carbons (Fsp3) is 0.962. The minimum absolute atomic E-state index is 0. The van der Waals surface area contributed by atoms with Gasteiger partial charge < -0.3 is 11.3 Å². The maximum atomic E-state index is 8.36. The highest BCUT2D eigenvalue weighted by atomic mass is 16.3. The van der Waals surface area contributed by atoms with E-state index in [4.69, 9.17) is 9.90 Å². The van der Waals surface area contributed by atoms with Crippen LogP contribution in [0, 0.1) is 40.4 Å². The highest BCUT2D eigenvalue weighted by Crippen LogP contribution is 2.67. The number of rotatable bonds is 3. The molecule has 3 nitrogen and oxygen atoms in total. The van der Waals surface area contributed by atoms with Crippen LogP contribution in [0.15, 0.2) is 0 Å². The molecule has 4 fully saturated rings. The predicted octanol–water partition coefficient (Wildman–Crippen LogP) is 8.11. The molecule has 0 saturated heterocycles. The van der Waals surface area contributed by atoms with E-state index in [1.54, 1.807) is 51.4 Å². The molecule has 4 aliphatic carbocycles. The second-order valence-electron chi connectivity index (χ2n) is 10.5. The Balaban J connectivity index is 0.000000645. The number of carboxylic acid groups (broad SMARTS) is 1. The van der Waals surface area contributed by atoms with Crippen LogP contribution in [0.4, 0.5) is 0 Å². The first-order valence-corrected chi connectivity index (χ1v) is 12.6. The summed E-state index contributed by atoms with van der Waals surface area (Å²) < 4.78 is 0. The maximum absolute atomic E-state index is 8.36. The van der Waals surface area contributed by atoms with Gasteiger partial charge in [-0.3, -0.25) is 4.79 Å². The molecule has 7 unspecified atom stereocenters. The van der Waals surface area contributed by atoms with E-state index in [1.165, 1.54) is 32.1 Å². The first kappa shape index (κ1) is 26.5. The Morgan fingerprint density at radius 3 is 2.21 bits per heavy atom. The largest absolute Gasteiger partial charge is 0.483 e. The van der Waals surface area contributed by atoms with E-state index < -0.39 is 0 Å². The van der Waals surface area contributed by atoms with Crippen molar-refractivity contribution in [2.45, 2.75) is 118 Å². The van der Waals surface area contributed by atoms with Crippen LogP contribution in [0.3, 0.4) is 0 Å². The van der Waals surface area contributed by atoms with Crippen molar-refractivity contribution in [1.82, 2.24) is 6.15 Å². The molecule has 0 spiro atoms. The fourth-order valence-electron chi connectivity index (χ4n) is 8.33. The van der Waals surface area contributed by atoms with Crippen LogP contribution in [-0.4, -0.2) is 11.6 Å². The van der Waals surface area contributed by atoms with Gasteiger partial charge in [0.15, 0.2) is 0 Å². The molecule has 0 aromatic carbocycles. The summed E-state index contributed by atoms with van der Waals surface area (Å²) in [6.45, 7) is 11.6. The summed E-state index contributed by atoms with van der Waals surface area (Å²) in [5.41, 5.74) is 1.44. The van der Waals surface area contributed by atoms with Crippen molar-refractivity contribution in [2.24, 2.45) is 40.4 Å². The molecule has 0 radical (unpaired) electrons. The summed E-state index contributed by atoms with van der Waals surface area (Å²) in [4.78, 5) is 8.36. The molecule has 4 aliphatic rings. The van der Waals surface area contributed by atoms with E-state index in [0.717, 1.165) is 35.0 Å². The Morgan fingerprint density at radius 2 is 1.55 bits per heavy atom. The van der Waals surface area contributed by atoms with Gasteiger partial charge in [-0.15, -0.1) is 0 Å². The van der Waals surface area contributed by atoms with Crippen LogP contribution in [0.1, 0.15) is 118 Å². The predicted molar refractivity (Wildman–Crippen MR) is 124 cm³/mol. The van der Waals surface area contributed by atoms with Gasteiger partial charge in [-0.2, -0.15) is 0 Å². The molecule has 0 amide bonds. The Hall–Kier alpha value is -0.570. The number of carbonyl (C=O) groups is 1. The SMILES string of the molecule is CC.CCCCC1CCC2C3CCC4CCCCC4(C)C3CCC12C.N.O=CO. The van der Waals surface area contributed by atoms with Gasteiger partial charge >= 0.3 is 0 Å². The van der Waals surface area contributed by atoms with Crippen LogP contribution in [-0.2, 0) is 4.79 Å². The number of hydrogen-bond donors (Lipinski definition) is 2. The fourth-order valence-corrected chi connectivity index (χ4v) is 8.33. The number of hydrogen-bond acceptors (Lipinski definition) is 2. The summed E-state index contributed by atoms with van der Waals surface area (Å²) >= 11 is 0. The summed E-state index contributed by atoms with van der Waals surface area (Å²) in [5.74, 6) is 5.41. The average molecular weight is 410 g/mol. The lowest BCUT2D eigenvalue weighted by molar-refractivity contribution is -0.122. The average Bonchev–Trinajstić information content (AvgIpc) is 3.04. The molecular weight excluding hydrogens is 358 g/mol. The molecule has 3 heteroatoms. The van der Waals surface area contributed by atoms with Crippen molar-refractivity contribution in [2.75, 3.05) is 0 Å². The molecule has 0 heterocycles. The van der Waals surface area contributed by atoms with E-state index >= 15 is 0 Å². The third-order valence-electron chi connectivity index (χ3n) is 9.69. The molecule has 0 aliphatic heterocycles. The smallest absolute Gasteiger partial charge is 0.290 e. The molecular formula is C26H51NO2. The molecule has 0 aromatic heterocycles. The van der Waals surface area contributed by atoms with E-state index in [1.807, 2.05) is 13.8 Å². The molecule has 0 bridgehead atoms. The van der Waals surface area contributed by atoms with Gasteiger partial charge in [-0.25, -0.2) is 0 Å². The Bertz CT molecular complexity index is 481. The minimum Gasteiger partial charge on any atom is -0.483 e. The number of unbranched alkanes of at least 4 members (excludes halogenated alkanes) is 1. The molecule has 0 aromatic rings. The van der Waals surface area contributed by atoms with E-state index in [0.29, 0.717) is 5.41 Å². The van der Waals surface area contributed by atoms with Gasteiger partial charge in [0.2, 0.25) is 0 Å². The van der Waals surface area contributed by atoms with Crippen molar-refractivity contribution in [1.29, 1.82) is 0 Å². The van der Waals surface area contributed by atoms with Crippen LogP contribution < -0.4 is 6.15 Å². The highest BCUT2D eigenvalue weighted by molar-refractivity contribution is 5.32. The Morgan fingerprint density at radius 1 is 0.897 bits per heavy atom. The third-order valence-corrected chi connectivity index (χ3v) is 9.69. The summed E-state index contributed by atoms with van der Waals surface area (Å²) in [7, 11) is 0. The van der Waals surface area contributed by atoms with E-state index in [2.05, 4.69) is 20.8 Å². The summed E-state index contributed by atoms with van der Waals surface area (Å²) in [6, 6.07) is 0. The zero-order valence-corrected chi connectivity index (χ0v) is 20.2. The molecule has 4 N–H and O–H groups in total. The van der Waals surface area contributed by atoms with Crippen molar-refractivity contribution in [3.8, 4) is 0 Å². The van der Waals surface area contributed by atoms with Gasteiger partial charge in [0, 0.05) is 0 Å². The zero-order valence-electron chi connectivity index (χ0n) is 20.2. The van der Waals surface area contributed by atoms with E-state index in [9.17, 15) is 0 Å². The first-order chi connectivity index (χ1) is 13.5. The molecule has 4 saturated carbocycles. The topological polar surface area (TPSA) is 72.3 Å². The Kier molecular flexibility index (Phi) is 10.7. The van der Waals surface area contributed by atoms with Crippen molar-refractivity contribution in [3.63, 3.8) is 0 Å². The molecule has 29 heavy (non-hydrogen) atoms. The minimum atomic E-state index is -0.250. The maximum Gasteiger partial charge on any atom is 0.290 e. The first-order valence-electron chi connectivity index (χ1n) is 12.6. The van der Waals surface area contributed by atoms with Crippen LogP contribution in [0.5, 0.6) is 0 Å². The highest BCUT2D eigenvalue weighted by Gasteiger charge is 2.59. The van der Waals surface area contributed by atoms with Gasteiger partial charge in [-0.05, 0) is 98.2 Å². The van der Waals surface area contributed by atoms with Crippen molar-refractivity contribution in [3.05, 3.63) is 0 Å². The lowest BCUT2D eigenvalue weighted by Gasteiger charge is -2.60. The lowest BCUT2D eigenvalue weighted by atomic mass is 9.45. The van der Waals surface area contributed by atoms with Crippen LogP contribution in [0.25, 0.3) is 0 Å². The molecule has 172 valence electrons. The molecule has 4 rings (SSSR count).